The average molecular weight is 714 g/mol. The first-order valence-corrected chi connectivity index (χ1v) is 19.8. The Bertz CT molecular complexity index is 3050. The molecule has 11 rings (SSSR count). The van der Waals surface area contributed by atoms with Gasteiger partial charge in [-0.15, -0.1) is 0 Å². The lowest BCUT2D eigenvalue weighted by atomic mass is 9.92. The van der Waals surface area contributed by atoms with Gasteiger partial charge >= 0.3 is 0 Å². The van der Waals surface area contributed by atoms with E-state index in [-0.39, 0.29) is 0 Å². The van der Waals surface area contributed by atoms with Crippen molar-refractivity contribution in [3.63, 3.8) is 0 Å². The van der Waals surface area contributed by atoms with E-state index in [1.54, 1.807) is 0 Å². The Morgan fingerprint density at radius 2 is 1.09 bits per heavy atom. The summed E-state index contributed by atoms with van der Waals surface area (Å²) in [6, 6.07) is 69.6. The molecule has 0 unspecified atom stereocenters. The molecule has 0 amide bonds. The van der Waals surface area contributed by atoms with Gasteiger partial charge in [-0.3, -0.25) is 0 Å². The summed E-state index contributed by atoms with van der Waals surface area (Å²) in [5, 5.41) is 7.54. The van der Waals surface area contributed by atoms with Crippen LogP contribution in [0.4, 0.5) is 17.1 Å². The average Bonchev–Trinajstić information content (AvgIpc) is 3.65. The van der Waals surface area contributed by atoms with Crippen LogP contribution in [0.3, 0.4) is 0 Å². The van der Waals surface area contributed by atoms with Crippen molar-refractivity contribution in [2.75, 3.05) is 4.90 Å². The predicted molar refractivity (Wildman–Crippen MR) is 239 cm³/mol. The van der Waals surface area contributed by atoms with Crippen molar-refractivity contribution in [2.45, 2.75) is 19.3 Å². The van der Waals surface area contributed by atoms with Gasteiger partial charge < -0.3 is 4.90 Å². The molecule has 56 heavy (non-hydrogen) atoms. The number of nitrogens with zero attached hydrogens (tertiary/aromatic N) is 1. The van der Waals surface area contributed by atoms with Crippen molar-refractivity contribution < 1.29 is 0 Å². The maximum Gasteiger partial charge on any atom is 0.0540 e. The highest BCUT2D eigenvalue weighted by Gasteiger charge is 2.23. The van der Waals surface area contributed by atoms with Crippen LogP contribution < -0.4 is 4.90 Å². The van der Waals surface area contributed by atoms with Crippen LogP contribution in [0, 0.1) is 0 Å². The van der Waals surface area contributed by atoms with E-state index in [4.69, 9.17) is 0 Å². The van der Waals surface area contributed by atoms with E-state index in [1.165, 1.54) is 88.0 Å². The molecule has 0 radical (unpaired) electrons. The molecule has 0 N–H and O–H groups in total. The Morgan fingerprint density at radius 1 is 0.393 bits per heavy atom. The van der Waals surface area contributed by atoms with Crippen molar-refractivity contribution >= 4 is 55.0 Å². The fraction of sp³-hybridized carbons (Fsp3) is 0.0545. The first-order chi connectivity index (χ1) is 27.7. The Labute approximate surface area is 328 Å². The van der Waals surface area contributed by atoms with Crippen LogP contribution in [0.2, 0.25) is 0 Å². The number of hydrogen-bond donors (Lipinski definition) is 0. The quantitative estimate of drug-likeness (QED) is 0.155. The van der Waals surface area contributed by atoms with Crippen LogP contribution in [-0.2, 0) is 6.42 Å². The summed E-state index contributed by atoms with van der Waals surface area (Å²) in [4.78, 5) is 2.45. The summed E-state index contributed by atoms with van der Waals surface area (Å²) in [5.41, 5.74) is 16.6. The SMILES string of the molecule is C1=CC2=C(CC1)c1cc(-c3ccc(N(c4cccc(-c5ccc6ccccc6c5)c4)c4ccccc4-c4cc5ccccc5c5ccccc45)cc3)ccc1C2. The van der Waals surface area contributed by atoms with Gasteiger partial charge in [0.25, 0.3) is 0 Å². The molecule has 2 aliphatic carbocycles. The Kier molecular flexibility index (Phi) is 7.77. The summed E-state index contributed by atoms with van der Waals surface area (Å²) in [5.74, 6) is 0. The molecule has 0 heterocycles. The summed E-state index contributed by atoms with van der Waals surface area (Å²) < 4.78 is 0. The molecule has 0 spiro atoms. The van der Waals surface area contributed by atoms with Gasteiger partial charge in [0.15, 0.2) is 0 Å². The van der Waals surface area contributed by atoms with Gasteiger partial charge in [0.05, 0.1) is 5.69 Å². The summed E-state index contributed by atoms with van der Waals surface area (Å²) in [6.45, 7) is 0. The predicted octanol–water partition coefficient (Wildman–Crippen LogP) is 15.3. The fourth-order valence-electron chi connectivity index (χ4n) is 9.18. The molecular weight excluding hydrogens is 675 g/mol. The summed E-state index contributed by atoms with van der Waals surface area (Å²) >= 11 is 0. The van der Waals surface area contributed by atoms with E-state index >= 15 is 0 Å². The minimum absolute atomic E-state index is 1.06. The van der Waals surface area contributed by atoms with Crippen molar-refractivity contribution in [3.05, 3.63) is 217 Å². The highest BCUT2D eigenvalue weighted by atomic mass is 15.1. The lowest BCUT2D eigenvalue weighted by Crippen LogP contribution is -2.11. The number of hydrogen-bond acceptors (Lipinski definition) is 1. The van der Waals surface area contributed by atoms with Crippen molar-refractivity contribution in [1.82, 2.24) is 0 Å². The zero-order valence-electron chi connectivity index (χ0n) is 31.1. The minimum Gasteiger partial charge on any atom is -0.310 e. The number of para-hydroxylation sites is 1. The number of allylic oxidation sites excluding steroid dienone is 4. The van der Waals surface area contributed by atoms with Gasteiger partial charge in [-0.25, -0.2) is 0 Å². The molecule has 9 aromatic carbocycles. The van der Waals surface area contributed by atoms with Gasteiger partial charge in [-0.1, -0.05) is 152 Å². The fourth-order valence-corrected chi connectivity index (χ4v) is 9.18. The van der Waals surface area contributed by atoms with E-state index in [9.17, 15) is 0 Å². The van der Waals surface area contributed by atoms with Crippen LogP contribution in [0.25, 0.3) is 71.3 Å². The molecule has 0 atom stereocenters. The molecule has 0 aromatic heterocycles. The zero-order valence-corrected chi connectivity index (χ0v) is 31.1. The summed E-state index contributed by atoms with van der Waals surface area (Å²) in [7, 11) is 0. The molecule has 1 nitrogen and oxygen atoms in total. The number of fused-ring (bicyclic) bond motifs is 6. The maximum atomic E-state index is 2.45. The van der Waals surface area contributed by atoms with E-state index in [0.717, 1.165) is 36.3 Å². The minimum atomic E-state index is 1.06. The first-order valence-electron chi connectivity index (χ1n) is 19.8. The van der Waals surface area contributed by atoms with Gasteiger partial charge in [0.1, 0.15) is 0 Å². The second-order valence-corrected chi connectivity index (χ2v) is 15.2. The lowest BCUT2D eigenvalue weighted by Gasteiger charge is -2.29. The Balaban J connectivity index is 1.07. The third-order valence-corrected chi connectivity index (χ3v) is 11.9. The molecule has 0 aliphatic heterocycles. The number of anilines is 3. The number of rotatable bonds is 6. The normalized spacial score (nSPS) is 13.4. The largest absolute Gasteiger partial charge is 0.310 e. The first kappa shape index (κ1) is 32.5. The molecule has 0 saturated carbocycles. The van der Waals surface area contributed by atoms with Crippen LogP contribution in [0.15, 0.2) is 206 Å². The molecule has 264 valence electrons. The molecule has 2 aliphatic rings. The third kappa shape index (κ3) is 5.55. The maximum absolute atomic E-state index is 2.45. The van der Waals surface area contributed by atoms with Gasteiger partial charge in [-0.2, -0.15) is 0 Å². The molecule has 0 saturated heterocycles. The second-order valence-electron chi connectivity index (χ2n) is 15.2. The second kappa shape index (κ2) is 13.4. The van der Waals surface area contributed by atoms with Crippen LogP contribution in [0.1, 0.15) is 24.0 Å². The molecule has 0 fully saturated rings. The van der Waals surface area contributed by atoms with Gasteiger partial charge in [0.2, 0.25) is 0 Å². The van der Waals surface area contributed by atoms with E-state index in [0.29, 0.717) is 0 Å². The zero-order chi connectivity index (χ0) is 37.0. The molecule has 9 aromatic rings. The topological polar surface area (TPSA) is 3.24 Å². The lowest BCUT2D eigenvalue weighted by molar-refractivity contribution is 1.04. The standard InChI is InChI=1S/C55H39N/c1-2-13-39-32-41(25-24-37(39)12-1)40-16-11-17-47(34-40)56(46-30-28-38(29-31-46)42-26-27-45-33-43-14-3-6-19-49(43)53(45)35-42)55-23-10-9-22-52(55)54-36-44-15-4-5-18-48(44)50-20-7-8-21-51(50)54/h1-5,7-18,20-32,34-36H,6,19,33H2. The van der Waals surface area contributed by atoms with Crippen LogP contribution in [-0.4, -0.2) is 0 Å². The summed E-state index contributed by atoms with van der Waals surface area (Å²) in [6.07, 6.45) is 8.00. The van der Waals surface area contributed by atoms with E-state index in [2.05, 4.69) is 205 Å². The van der Waals surface area contributed by atoms with Crippen molar-refractivity contribution in [3.8, 4) is 33.4 Å². The van der Waals surface area contributed by atoms with E-state index in [1.807, 2.05) is 0 Å². The Morgan fingerprint density at radius 3 is 1.98 bits per heavy atom. The molecular formula is C55H39N. The van der Waals surface area contributed by atoms with Crippen molar-refractivity contribution in [1.29, 1.82) is 0 Å². The van der Waals surface area contributed by atoms with Crippen LogP contribution in [0.5, 0.6) is 0 Å². The Hall–Kier alpha value is -6.96. The highest BCUT2D eigenvalue weighted by molar-refractivity contribution is 6.15. The molecule has 1 heteroatoms. The monoisotopic (exact) mass is 713 g/mol. The highest BCUT2D eigenvalue weighted by Crippen LogP contribution is 2.46. The molecule has 0 bridgehead atoms. The van der Waals surface area contributed by atoms with E-state index < -0.39 is 0 Å². The van der Waals surface area contributed by atoms with Crippen molar-refractivity contribution in [2.24, 2.45) is 0 Å². The smallest absolute Gasteiger partial charge is 0.0540 e. The van der Waals surface area contributed by atoms with Crippen LogP contribution >= 0.6 is 0 Å². The number of benzene rings is 9. The van der Waals surface area contributed by atoms with Gasteiger partial charge in [-0.05, 0) is 150 Å². The van der Waals surface area contributed by atoms with Gasteiger partial charge in [0, 0.05) is 16.9 Å². The third-order valence-electron chi connectivity index (χ3n) is 11.9.